The highest BCUT2D eigenvalue weighted by Gasteiger charge is 2.37. The molecule has 2 unspecified atom stereocenters. The fraction of sp³-hybridized carbons (Fsp3) is 0.778. The maximum Gasteiger partial charge on any atom is 0.328 e. The van der Waals surface area contributed by atoms with Crippen molar-refractivity contribution in [1.29, 1.82) is 0 Å². The van der Waals surface area contributed by atoms with Gasteiger partial charge < -0.3 is 20.8 Å². The molecular weight excluding hydrogens is 200 g/mol. The summed E-state index contributed by atoms with van der Waals surface area (Å²) in [6, 6.07) is -1.23. The summed E-state index contributed by atoms with van der Waals surface area (Å²) in [5.74, 6) is -1.60. The van der Waals surface area contributed by atoms with Crippen LogP contribution in [0, 0.1) is 0 Å². The molecule has 1 aliphatic heterocycles. The first kappa shape index (κ1) is 11.9. The number of carbonyl (C=O) groups is 2. The van der Waals surface area contributed by atoms with Crippen LogP contribution < -0.4 is 10.6 Å². The van der Waals surface area contributed by atoms with Crippen molar-refractivity contribution < 1.29 is 19.8 Å². The molecule has 2 atom stereocenters. The fourth-order valence-electron chi connectivity index (χ4n) is 1.59. The van der Waals surface area contributed by atoms with Gasteiger partial charge in [-0.3, -0.25) is 4.79 Å². The summed E-state index contributed by atoms with van der Waals surface area (Å²) in [6.45, 7) is 1.88. The molecule has 1 amide bonds. The van der Waals surface area contributed by atoms with E-state index in [-0.39, 0.29) is 5.91 Å². The summed E-state index contributed by atoms with van der Waals surface area (Å²) in [7, 11) is 0. The quantitative estimate of drug-likeness (QED) is 0.467. The monoisotopic (exact) mass is 216 g/mol. The van der Waals surface area contributed by atoms with Crippen molar-refractivity contribution in [3.05, 3.63) is 0 Å². The van der Waals surface area contributed by atoms with E-state index in [4.69, 9.17) is 10.2 Å². The zero-order valence-electron chi connectivity index (χ0n) is 8.62. The predicted molar refractivity (Wildman–Crippen MR) is 52.3 cm³/mol. The standard InChI is InChI=1S/C9H16N2O4/c1-9(3-2-4-10-9)8(15)11-6(5-12)7(13)14/h6,10,12H,2-5H2,1H3,(H,11,15)(H,13,14). The van der Waals surface area contributed by atoms with Crippen molar-refractivity contribution in [2.45, 2.75) is 31.3 Å². The Labute approximate surface area is 87.7 Å². The molecule has 0 aromatic heterocycles. The molecule has 6 heteroatoms. The molecule has 0 saturated carbocycles. The second kappa shape index (κ2) is 4.59. The van der Waals surface area contributed by atoms with Gasteiger partial charge in [-0.25, -0.2) is 4.79 Å². The van der Waals surface area contributed by atoms with Crippen molar-refractivity contribution in [2.75, 3.05) is 13.2 Å². The van der Waals surface area contributed by atoms with Gasteiger partial charge in [-0.2, -0.15) is 0 Å². The Balaban J connectivity index is 2.57. The maximum atomic E-state index is 11.7. The Morgan fingerprint density at radius 1 is 1.60 bits per heavy atom. The number of amides is 1. The number of hydrogen-bond acceptors (Lipinski definition) is 4. The Morgan fingerprint density at radius 2 is 2.27 bits per heavy atom. The van der Waals surface area contributed by atoms with Gasteiger partial charge in [-0.05, 0) is 26.3 Å². The van der Waals surface area contributed by atoms with Crippen molar-refractivity contribution >= 4 is 11.9 Å². The minimum absolute atomic E-state index is 0.374. The molecule has 4 N–H and O–H groups in total. The number of aliphatic hydroxyl groups is 1. The zero-order chi connectivity index (χ0) is 11.5. The van der Waals surface area contributed by atoms with Gasteiger partial charge in [0, 0.05) is 0 Å². The summed E-state index contributed by atoms with van der Waals surface area (Å²) in [6.07, 6.45) is 1.57. The molecule has 6 nitrogen and oxygen atoms in total. The third kappa shape index (κ3) is 2.66. The van der Waals surface area contributed by atoms with Crippen LogP contribution in [0.2, 0.25) is 0 Å². The molecule has 0 spiro atoms. The van der Waals surface area contributed by atoms with Crippen LogP contribution in [0.25, 0.3) is 0 Å². The number of rotatable bonds is 4. The minimum atomic E-state index is -1.23. The molecule has 86 valence electrons. The molecule has 1 saturated heterocycles. The first-order chi connectivity index (χ1) is 6.99. The third-order valence-corrected chi connectivity index (χ3v) is 2.66. The van der Waals surface area contributed by atoms with E-state index in [1.54, 1.807) is 6.92 Å². The first-order valence-electron chi connectivity index (χ1n) is 4.89. The smallest absolute Gasteiger partial charge is 0.328 e. The van der Waals surface area contributed by atoms with Gasteiger partial charge in [-0.1, -0.05) is 0 Å². The molecule has 1 aliphatic rings. The van der Waals surface area contributed by atoms with Crippen LogP contribution in [0.5, 0.6) is 0 Å². The Bertz CT molecular complexity index is 261. The molecule has 0 aromatic rings. The van der Waals surface area contributed by atoms with Crippen LogP contribution in [0.4, 0.5) is 0 Å². The molecule has 15 heavy (non-hydrogen) atoms. The molecule has 0 aliphatic carbocycles. The van der Waals surface area contributed by atoms with Crippen molar-refractivity contribution in [3.8, 4) is 0 Å². The highest BCUT2D eigenvalue weighted by Crippen LogP contribution is 2.18. The SMILES string of the molecule is CC1(C(=O)NC(CO)C(=O)O)CCCN1. The van der Waals surface area contributed by atoms with Crippen molar-refractivity contribution in [3.63, 3.8) is 0 Å². The van der Waals surface area contributed by atoms with Gasteiger partial charge in [0.05, 0.1) is 12.1 Å². The van der Waals surface area contributed by atoms with E-state index in [1.165, 1.54) is 0 Å². The summed E-state index contributed by atoms with van der Waals surface area (Å²) in [5.41, 5.74) is -0.705. The Kier molecular flexibility index (Phi) is 3.65. The predicted octanol–water partition coefficient (Wildman–Crippen LogP) is -1.31. The lowest BCUT2D eigenvalue weighted by Gasteiger charge is -2.24. The number of carboxylic acids is 1. The van der Waals surface area contributed by atoms with E-state index < -0.39 is 24.2 Å². The molecule has 1 fully saturated rings. The molecule has 1 rings (SSSR count). The lowest BCUT2D eigenvalue weighted by atomic mass is 9.99. The lowest BCUT2D eigenvalue weighted by Crippen LogP contribution is -2.56. The van der Waals surface area contributed by atoms with Crippen LogP contribution in [-0.2, 0) is 9.59 Å². The highest BCUT2D eigenvalue weighted by molar-refractivity contribution is 5.90. The largest absolute Gasteiger partial charge is 0.480 e. The fourth-order valence-corrected chi connectivity index (χ4v) is 1.59. The van der Waals surface area contributed by atoms with Gasteiger partial charge in [-0.15, -0.1) is 0 Å². The van der Waals surface area contributed by atoms with E-state index >= 15 is 0 Å². The Hall–Kier alpha value is -1.14. The molecule has 0 bridgehead atoms. The zero-order valence-corrected chi connectivity index (χ0v) is 8.62. The number of carboxylic acid groups (broad SMARTS) is 1. The average Bonchev–Trinajstić information content (AvgIpc) is 2.61. The summed E-state index contributed by atoms with van der Waals surface area (Å²) in [5, 5.41) is 22.7. The summed E-state index contributed by atoms with van der Waals surface area (Å²) in [4.78, 5) is 22.3. The first-order valence-corrected chi connectivity index (χ1v) is 4.89. The number of carbonyl (C=O) groups excluding carboxylic acids is 1. The van der Waals surface area contributed by atoms with Crippen LogP contribution in [0.1, 0.15) is 19.8 Å². The number of aliphatic carboxylic acids is 1. The van der Waals surface area contributed by atoms with Crippen molar-refractivity contribution in [1.82, 2.24) is 10.6 Å². The van der Waals surface area contributed by atoms with Crippen LogP contribution >= 0.6 is 0 Å². The van der Waals surface area contributed by atoms with Gasteiger partial charge in [0.1, 0.15) is 6.04 Å². The molecular formula is C9H16N2O4. The minimum Gasteiger partial charge on any atom is -0.480 e. The molecule has 0 radical (unpaired) electrons. The highest BCUT2D eigenvalue weighted by atomic mass is 16.4. The van der Waals surface area contributed by atoms with Gasteiger partial charge in [0.25, 0.3) is 0 Å². The average molecular weight is 216 g/mol. The van der Waals surface area contributed by atoms with E-state index in [9.17, 15) is 9.59 Å². The summed E-state index contributed by atoms with van der Waals surface area (Å²) < 4.78 is 0. The Morgan fingerprint density at radius 3 is 2.67 bits per heavy atom. The van der Waals surface area contributed by atoms with Crippen LogP contribution in [0.15, 0.2) is 0 Å². The lowest BCUT2D eigenvalue weighted by molar-refractivity contribution is -0.143. The van der Waals surface area contributed by atoms with Crippen LogP contribution in [0.3, 0.4) is 0 Å². The van der Waals surface area contributed by atoms with E-state index in [0.29, 0.717) is 6.42 Å². The molecule has 1 heterocycles. The topological polar surface area (TPSA) is 98.7 Å². The van der Waals surface area contributed by atoms with Crippen LogP contribution in [-0.4, -0.2) is 46.8 Å². The second-order valence-electron chi connectivity index (χ2n) is 3.91. The van der Waals surface area contributed by atoms with Gasteiger partial charge in [0.2, 0.25) is 5.91 Å². The van der Waals surface area contributed by atoms with Gasteiger partial charge >= 0.3 is 5.97 Å². The summed E-state index contributed by atoms with van der Waals surface area (Å²) >= 11 is 0. The molecule has 0 aromatic carbocycles. The van der Waals surface area contributed by atoms with E-state index in [1.807, 2.05) is 0 Å². The van der Waals surface area contributed by atoms with Gasteiger partial charge in [0.15, 0.2) is 0 Å². The second-order valence-corrected chi connectivity index (χ2v) is 3.91. The number of nitrogens with one attached hydrogen (secondary N) is 2. The number of aliphatic hydroxyl groups excluding tert-OH is 1. The van der Waals surface area contributed by atoms with Crippen molar-refractivity contribution in [2.24, 2.45) is 0 Å². The van der Waals surface area contributed by atoms with E-state index in [2.05, 4.69) is 10.6 Å². The third-order valence-electron chi connectivity index (χ3n) is 2.66. The number of hydrogen-bond donors (Lipinski definition) is 4. The maximum absolute atomic E-state index is 11.7. The normalized spacial score (nSPS) is 27.3. The van der Waals surface area contributed by atoms with E-state index in [0.717, 1.165) is 13.0 Å².